The van der Waals surface area contributed by atoms with Gasteiger partial charge >= 0.3 is 6.18 Å². The van der Waals surface area contributed by atoms with E-state index in [2.05, 4.69) is 22.0 Å². The van der Waals surface area contributed by atoms with Gasteiger partial charge in [0.25, 0.3) is 0 Å². The maximum Gasteiger partial charge on any atom is 0.416 e. The summed E-state index contributed by atoms with van der Waals surface area (Å²) >= 11 is 0. The molecule has 1 amide bonds. The molecule has 2 aliphatic carbocycles. The summed E-state index contributed by atoms with van der Waals surface area (Å²) in [4.78, 5) is 17.1. The molecule has 0 bridgehead atoms. The van der Waals surface area contributed by atoms with E-state index in [0.29, 0.717) is 12.0 Å². The van der Waals surface area contributed by atoms with E-state index in [9.17, 15) is 18.0 Å². The molecule has 2 atom stereocenters. The Kier molecular flexibility index (Phi) is 6.80. The molecule has 0 spiro atoms. The van der Waals surface area contributed by atoms with E-state index in [1.165, 1.54) is 19.3 Å². The number of carbonyl (C=O) groups excluding carboxylic acids is 1. The highest BCUT2D eigenvalue weighted by atomic mass is 19.4. The number of piperazine rings is 1. The lowest BCUT2D eigenvalue weighted by atomic mass is 9.84. The Balaban J connectivity index is 1.17. The number of carbonyl (C=O) groups is 1. The highest BCUT2D eigenvalue weighted by Gasteiger charge is 2.44. The van der Waals surface area contributed by atoms with Crippen LogP contribution in [0.5, 0.6) is 0 Å². The molecular formula is C24H34F3N3O. The molecule has 4 nitrogen and oxygen atoms in total. The minimum atomic E-state index is -4.29. The Hall–Kier alpha value is -1.76. The monoisotopic (exact) mass is 437 g/mol. The molecule has 1 aromatic rings. The Morgan fingerprint density at radius 2 is 1.68 bits per heavy atom. The molecule has 1 saturated heterocycles. The molecule has 2 saturated carbocycles. The molecule has 31 heavy (non-hydrogen) atoms. The molecule has 1 heterocycles. The standard InChI is InChI=1S/C24H34F3N3O/c1-2-17-3-7-20(8-4-17)28-23(31)22-15-18(22)16-29-11-13-30(14-12-29)21-9-5-19(6-10-21)24(25,26)27/h5-6,9-10,17-18,20,22H,2-4,7-8,11-16H2,1H3,(H,28,31)/t17?,18-,20?,22+/m1/s1. The Morgan fingerprint density at radius 3 is 2.26 bits per heavy atom. The van der Waals surface area contributed by atoms with Crippen LogP contribution < -0.4 is 10.2 Å². The van der Waals surface area contributed by atoms with Gasteiger partial charge in [0.05, 0.1) is 5.56 Å². The third kappa shape index (κ3) is 5.73. The van der Waals surface area contributed by atoms with Gasteiger partial charge in [-0.3, -0.25) is 9.69 Å². The van der Waals surface area contributed by atoms with Crippen LogP contribution in [0.15, 0.2) is 24.3 Å². The first-order valence-corrected chi connectivity index (χ1v) is 11.8. The number of benzene rings is 1. The van der Waals surface area contributed by atoms with Crippen LogP contribution in [0.4, 0.5) is 18.9 Å². The quantitative estimate of drug-likeness (QED) is 0.709. The molecule has 1 aromatic carbocycles. The topological polar surface area (TPSA) is 35.6 Å². The second kappa shape index (κ2) is 9.39. The van der Waals surface area contributed by atoms with E-state index in [1.807, 2.05) is 0 Å². The summed E-state index contributed by atoms with van der Waals surface area (Å²) in [6.45, 7) is 6.56. The number of nitrogens with zero attached hydrogens (tertiary/aromatic N) is 2. The molecule has 172 valence electrons. The number of amides is 1. The largest absolute Gasteiger partial charge is 0.416 e. The maximum absolute atomic E-state index is 12.7. The number of hydrogen-bond donors (Lipinski definition) is 1. The van der Waals surface area contributed by atoms with Crippen LogP contribution in [-0.4, -0.2) is 49.6 Å². The van der Waals surface area contributed by atoms with Gasteiger partial charge in [-0.15, -0.1) is 0 Å². The number of alkyl halides is 3. The molecular weight excluding hydrogens is 403 g/mol. The Labute approximate surface area is 183 Å². The first-order chi connectivity index (χ1) is 14.8. The maximum atomic E-state index is 12.7. The zero-order valence-electron chi connectivity index (χ0n) is 18.3. The van der Waals surface area contributed by atoms with Crippen LogP contribution in [0.2, 0.25) is 0 Å². The summed E-state index contributed by atoms with van der Waals surface area (Å²) < 4.78 is 38.2. The lowest BCUT2D eigenvalue weighted by molar-refractivity contribution is -0.137. The van der Waals surface area contributed by atoms with Crippen molar-refractivity contribution in [1.82, 2.24) is 10.2 Å². The van der Waals surface area contributed by atoms with E-state index in [4.69, 9.17) is 0 Å². The summed E-state index contributed by atoms with van der Waals surface area (Å²) in [7, 11) is 0. The Bertz CT molecular complexity index is 735. The van der Waals surface area contributed by atoms with Crippen LogP contribution >= 0.6 is 0 Å². The van der Waals surface area contributed by atoms with Gasteiger partial charge in [-0.1, -0.05) is 13.3 Å². The van der Waals surface area contributed by atoms with E-state index in [-0.39, 0.29) is 11.8 Å². The van der Waals surface area contributed by atoms with Crippen LogP contribution in [0.3, 0.4) is 0 Å². The van der Waals surface area contributed by atoms with Gasteiger partial charge in [0, 0.05) is 50.4 Å². The van der Waals surface area contributed by atoms with Crippen molar-refractivity contribution in [2.24, 2.45) is 17.8 Å². The van der Waals surface area contributed by atoms with Crippen molar-refractivity contribution >= 4 is 11.6 Å². The molecule has 0 unspecified atom stereocenters. The summed E-state index contributed by atoms with van der Waals surface area (Å²) in [5.41, 5.74) is 0.237. The predicted octanol–water partition coefficient (Wildman–Crippen LogP) is 4.55. The summed E-state index contributed by atoms with van der Waals surface area (Å²) in [6.07, 6.45) is 2.64. The SMILES string of the molecule is CCC1CCC(NC(=O)[C@H]2C[C@@H]2CN2CCN(c3ccc(C(F)(F)F)cc3)CC2)CC1. The van der Waals surface area contributed by atoms with Crippen molar-refractivity contribution < 1.29 is 18.0 Å². The molecule has 0 aromatic heterocycles. The second-order valence-electron chi connectivity index (χ2n) is 9.57. The van der Waals surface area contributed by atoms with Crippen LogP contribution in [0, 0.1) is 17.8 Å². The molecule has 3 aliphatic rings. The fourth-order valence-corrected chi connectivity index (χ4v) is 5.18. The molecule has 1 aliphatic heterocycles. The molecule has 7 heteroatoms. The lowest BCUT2D eigenvalue weighted by Crippen LogP contribution is -2.47. The van der Waals surface area contributed by atoms with Crippen molar-refractivity contribution in [3.05, 3.63) is 29.8 Å². The van der Waals surface area contributed by atoms with Crippen molar-refractivity contribution in [2.45, 2.75) is 57.7 Å². The van der Waals surface area contributed by atoms with Crippen molar-refractivity contribution in [3.63, 3.8) is 0 Å². The molecule has 3 fully saturated rings. The molecule has 4 rings (SSSR count). The minimum Gasteiger partial charge on any atom is -0.369 e. The third-order valence-corrected chi connectivity index (χ3v) is 7.45. The van der Waals surface area contributed by atoms with E-state index >= 15 is 0 Å². The number of anilines is 1. The smallest absolute Gasteiger partial charge is 0.369 e. The van der Waals surface area contributed by atoms with Crippen LogP contribution in [0.25, 0.3) is 0 Å². The van der Waals surface area contributed by atoms with Crippen LogP contribution in [-0.2, 0) is 11.0 Å². The van der Waals surface area contributed by atoms with Gasteiger partial charge < -0.3 is 10.2 Å². The van der Waals surface area contributed by atoms with Gasteiger partial charge in [-0.2, -0.15) is 13.2 Å². The first kappa shape index (κ1) is 22.4. The predicted molar refractivity (Wildman–Crippen MR) is 116 cm³/mol. The Morgan fingerprint density at radius 1 is 1.03 bits per heavy atom. The number of hydrogen-bond acceptors (Lipinski definition) is 3. The number of nitrogens with one attached hydrogen (secondary N) is 1. The summed E-state index contributed by atoms with van der Waals surface area (Å²) in [6, 6.07) is 5.80. The van der Waals surface area contributed by atoms with Crippen molar-refractivity contribution in [1.29, 1.82) is 0 Å². The van der Waals surface area contributed by atoms with Gasteiger partial charge in [-0.25, -0.2) is 0 Å². The number of rotatable bonds is 6. The van der Waals surface area contributed by atoms with E-state index in [0.717, 1.165) is 75.7 Å². The van der Waals surface area contributed by atoms with Gasteiger partial charge in [0.2, 0.25) is 5.91 Å². The van der Waals surface area contributed by atoms with Gasteiger partial charge in [-0.05, 0) is 68.2 Å². The van der Waals surface area contributed by atoms with Gasteiger partial charge in [0.1, 0.15) is 0 Å². The lowest BCUT2D eigenvalue weighted by Gasteiger charge is -2.36. The average Bonchev–Trinajstić information content (AvgIpc) is 3.54. The summed E-state index contributed by atoms with van der Waals surface area (Å²) in [5.74, 6) is 1.69. The van der Waals surface area contributed by atoms with E-state index in [1.54, 1.807) is 12.1 Å². The molecule has 0 radical (unpaired) electrons. The first-order valence-electron chi connectivity index (χ1n) is 11.8. The minimum absolute atomic E-state index is 0.164. The highest BCUT2D eigenvalue weighted by molar-refractivity contribution is 5.81. The normalized spacial score (nSPS) is 29.6. The highest BCUT2D eigenvalue weighted by Crippen LogP contribution is 2.40. The summed E-state index contributed by atoms with van der Waals surface area (Å²) in [5, 5.41) is 3.29. The number of halogens is 3. The fourth-order valence-electron chi connectivity index (χ4n) is 5.18. The zero-order chi connectivity index (χ0) is 22.0. The van der Waals surface area contributed by atoms with E-state index < -0.39 is 11.7 Å². The van der Waals surface area contributed by atoms with Crippen molar-refractivity contribution in [2.75, 3.05) is 37.6 Å². The van der Waals surface area contributed by atoms with Crippen LogP contribution in [0.1, 0.15) is 51.0 Å². The van der Waals surface area contributed by atoms with Gasteiger partial charge in [0.15, 0.2) is 0 Å². The fraction of sp³-hybridized carbons (Fsp3) is 0.708. The zero-order valence-corrected chi connectivity index (χ0v) is 18.3. The van der Waals surface area contributed by atoms with Crippen molar-refractivity contribution in [3.8, 4) is 0 Å². The average molecular weight is 438 g/mol. The second-order valence-corrected chi connectivity index (χ2v) is 9.57. The molecule has 1 N–H and O–H groups in total. The third-order valence-electron chi connectivity index (χ3n) is 7.45.